The minimum absolute atomic E-state index is 0.270. The van der Waals surface area contributed by atoms with Crippen molar-refractivity contribution in [2.24, 2.45) is 0 Å². The topological polar surface area (TPSA) is 99.5 Å². The van der Waals surface area contributed by atoms with Gasteiger partial charge >= 0.3 is 0 Å². The van der Waals surface area contributed by atoms with E-state index in [1.807, 2.05) is 57.2 Å². The largest absolute Gasteiger partial charge is 0.492 e. The highest BCUT2D eigenvalue weighted by Gasteiger charge is 2.35. The van der Waals surface area contributed by atoms with E-state index in [0.29, 0.717) is 65.1 Å². The normalized spacial score (nSPS) is 14.3. The van der Waals surface area contributed by atoms with Crippen molar-refractivity contribution in [3.63, 3.8) is 0 Å². The summed E-state index contributed by atoms with van der Waals surface area (Å²) >= 11 is 5.30. The van der Waals surface area contributed by atoms with Crippen LogP contribution in [0.15, 0.2) is 57.3 Å². The van der Waals surface area contributed by atoms with Gasteiger partial charge in [0.2, 0.25) is 11.1 Å². The standard InChI is InChI=1S/C30H38BrN5O4S/c1-6-10-15-40-27-21(31)17-20(18-24(27)39-9-4)26-25(28(37)33-22-13-11-12-14-23(22)38-8-3)19(5)32-29-34-30(35-36(26)29)41-16-7-2/h11-14,17-18,26H,6-10,15-16H2,1-5H3,(H,33,37)(H,32,34,35). The van der Waals surface area contributed by atoms with Crippen LogP contribution in [0.2, 0.25) is 0 Å². The Hall–Kier alpha value is -3.18. The maximum atomic E-state index is 14.0. The molecule has 0 saturated carbocycles. The fourth-order valence-electron chi connectivity index (χ4n) is 4.50. The maximum absolute atomic E-state index is 14.0. The number of nitrogens with one attached hydrogen (secondary N) is 2. The summed E-state index contributed by atoms with van der Waals surface area (Å²) in [7, 11) is 0. The quantitative estimate of drug-likeness (QED) is 0.138. The lowest BCUT2D eigenvalue weighted by atomic mass is 9.94. The highest BCUT2D eigenvalue weighted by atomic mass is 79.9. The first-order valence-corrected chi connectivity index (χ1v) is 15.9. The molecule has 1 aromatic heterocycles. The van der Waals surface area contributed by atoms with Gasteiger partial charge in [0.1, 0.15) is 11.8 Å². The summed E-state index contributed by atoms with van der Waals surface area (Å²) in [6, 6.07) is 10.7. The van der Waals surface area contributed by atoms with Crippen molar-refractivity contribution in [1.82, 2.24) is 14.8 Å². The summed E-state index contributed by atoms with van der Waals surface area (Å²) < 4.78 is 20.4. The summed E-state index contributed by atoms with van der Waals surface area (Å²) in [6.07, 6.45) is 2.96. The average Bonchev–Trinajstić information content (AvgIpc) is 3.36. The average molecular weight is 645 g/mol. The molecule has 1 unspecified atom stereocenters. The molecule has 1 atom stereocenters. The van der Waals surface area contributed by atoms with Crippen LogP contribution in [0.3, 0.4) is 0 Å². The lowest BCUT2D eigenvalue weighted by Crippen LogP contribution is -2.31. The minimum atomic E-state index is -0.575. The SMILES string of the molecule is CCCCOc1c(Br)cc(C2C(C(=O)Nc3ccccc3OCC)=C(C)Nc3nc(SCCC)nn32)cc1OCC. The predicted molar refractivity (Wildman–Crippen MR) is 167 cm³/mol. The molecule has 0 saturated heterocycles. The fraction of sp³-hybridized carbons (Fsp3) is 0.433. The third kappa shape index (κ3) is 7.19. The van der Waals surface area contributed by atoms with E-state index in [1.165, 1.54) is 0 Å². The lowest BCUT2D eigenvalue weighted by molar-refractivity contribution is -0.113. The molecule has 2 aromatic carbocycles. The second kappa shape index (κ2) is 14.6. The van der Waals surface area contributed by atoms with Crippen LogP contribution in [0.25, 0.3) is 0 Å². The molecular formula is C30H38BrN5O4S. The van der Waals surface area contributed by atoms with Gasteiger partial charge in [-0.1, -0.05) is 44.2 Å². The molecule has 2 N–H and O–H groups in total. The number of ether oxygens (including phenoxy) is 3. The third-order valence-electron chi connectivity index (χ3n) is 6.34. The van der Waals surface area contributed by atoms with Gasteiger partial charge in [0, 0.05) is 11.4 Å². The van der Waals surface area contributed by atoms with Crippen LogP contribution in [0.5, 0.6) is 17.2 Å². The molecular weight excluding hydrogens is 606 g/mol. The number of para-hydroxylation sites is 2. The molecule has 11 heteroatoms. The molecule has 0 fully saturated rings. The van der Waals surface area contributed by atoms with Crippen molar-refractivity contribution in [2.75, 3.05) is 36.2 Å². The predicted octanol–water partition coefficient (Wildman–Crippen LogP) is 7.45. The summed E-state index contributed by atoms with van der Waals surface area (Å²) in [4.78, 5) is 18.8. The van der Waals surface area contributed by atoms with E-state index in [2.05, 4.69) is 40.4 Å². The number of allylic oxidation sites excluding steroid dienone is 1. The molecule has 0 aliphatic carbocycles. The smallest absolute Gasteiger partial charge is 0.255 e. The highest BCUT2D eigenvalue weighted by Crippen LogP contribution is 2.43. The number of rotatable bonds is 14. The molecule has 41 heavy (non-hydrogen) atoms. The van der Waals surface area contributed by atoms with Crippen molar-refractivity contribution in [2.45, 2.75) is 65.1 Å². The third-order valence-corrected chi connectivity index (χ3v) is 7.97. The minimum Gasteiger partial charge on any atom is -0.492 e. The van der Waals surface area contributed by atoms with Crippen LogP contribution in [-0.2, 0) is 4.79 Å². The van der Waals surface area contributed by atoms with Gasteiger partial charge in [-0.25, -0.2) is 4.68 Å². The molecule has 0 bridgehead atoms. The molecule has 2 heterocycles. The number of carbonyl (C=O) groups is 1. The van der Waals surface area contributed by atoms with Crippen molar-refractivity contribution < 1.29 is 19.0 Å². The lowest BCUT2D eigenvalue weighted by Gasteiger charge is -2.29. The van der Waals surface area contributed by atoms with Crippen molar-refractivity contribution >= 4 is 45.2 Å². The van der Waals surface area contributed by atoms with E-state index in [-0.39, 0.29) is 5.91 Å². The second-order valence-corrected chi connectivity index (χ2v) is 11.3. The maximum Gasteiger partial charge on any atom is 0.255 e. The highest BCUT2D eigenvalue weighted by molar-refractivity contribution is 9.10. The summed E-state index contributed by atoms with van der Waals surface area (Å²) in [5, 5.41) is 11.9. The Balaban J connectivity index is 1.81. The number of unbranched alkanes of at least 4 members (excludes halogenated alkanes) is 1. The summed E-state index contributed by atoms with van der Waals surface area (Å²) in [6.45, 7) is 11.5. The Labute approximate surface area is 254 Å². The van der Waals surface area contributed by atoms with Gasteiger partial charge < -0.3 is 24.8 Å². The van der Waals surface area contributed by atoms with E-state index in [1.54, 1.807) is 16.4 Å². The van der Waals surface area contributed by atoms with Crippen LogP contribution >= 0.6 is 27.7 Å². The number of hydrogen-bond donors (Lipinski definition) is 2. The van der Waals surface area contributed by atoms with Crippen LogP contribution in [0.1, 0.15) is 65.5 Å². The number of anilines is 2. The zero-order valence-electron chi connectivity index (χ0n) is 24.3. The Bertz CT molecular complexity index is 1390. The van der Waals surface area contributed by atoms with Gasteiger partial charge in [0.05, 0.1) is 35.6 Å². The Morgan fingerprint density at radius 3 is 2.56 bits per heavy atom. The monoisotopic (exact) mass is 643 g/mol. The number of thioether (sulfide) groups is 1. The zero-order valence-corrected chi connectivity index (χ0v) is 26.7. The molecule has 220 valence electrons. The Morgan fingerprint density at radius 2 is 1.83 bits per heavy atom. The van der Waals surface area contributed by atoms with Gasteiger partial charge in [-0.2, -0.15) is 4.98 Å². The number of amides is 1. The Kier molecular flexibility index (Phi) is 11.0. The first-order valence-electron chi connectivity index (χ1n) is 14.1. The van der Waals surface area contributed by atoms with Gasteiger partial charge in [-0.3, -0.25) is 4.79 Å². The van der Waals surface area contributed by atoms with Crippen LogP contribution < -0.4 is 24.8 Å². The molecule has 1 amide bonds. The van der Waals surface area contributed by atoms with Gasteiger partial charge in [-0.15, -0.1) is 5.10 Å². The van der Waals surface area contributed by atoms with Crippen LogP contribution in [0, 0.1) is 0 Å². The Morgan fingerprint density at radius 1 is 1.07 bits per heavy atom. The van der Waals surface area contributed by atoms with E-state index >= 15 is 0 Å². The molecule has 1 aliphatic rings. The van der Waals surface area contributed by atoms with Crippen molar-refractivity contribution in [3.05, 3.63) is 57.7 Å². The van der Waals surface area contributed by atoms with Crippen LogP contribution in [0.4, 0.5) is 11.6 Å². The van der Waals surface area contributed by atoms with Crippen molar-refractivity contribution in [3.8, 4) is 17.2 Å². The second-order valence-electron chi connectivity index (χ2n) is 9.43. The molecule has 3 aromatic rings. The van der Waals surface area contributed by atoms with Crippen LogP contribution in [-0.4, -0.2) is 46.2 Å². The molecule has 1 aliphatic heterocycles. The van der Waals surface area contributed by atoms with E-state index in [9.17, 15) is 4.79 Å². The molecule has 9 nitrogen and oxygen atoms in total. The summed E-state index contributed by atoms with van der Waals surface area (Å²) in [5.74, 6) is 3.06. The number of aromatic nitrogens is 3. The number of halogens is 1. The first-order chi connectivity index (χ1) is 19.9. The van der Waals surface area contributed by atoms with Gasteiger partial charge in [-0.05, 0) is 79.4 Å². The van der Waals surface area contributed by atoms with E-state index in [0.717, 1.165) is 35.1 Å². The summed E-state index contributed by atoms with van der Waals surface area (Å²) in [5.41, 5.74) is 2.60. The van der Waals surface area contributed by atoms with Gasteiger partial charge in [0.15, 0.2) is 11.5 Å². The number of benzene rings is 2. The van der Waals surface area contributed by atoms with Crippen molar-refractivity contribution in [1.29, 1.82) is 0 Å². The molecule has 4 rings (SSSR count). The van der Waals surface area contributed by atoms with Gasteiger partial charge in [0.25, 0.3) is 5.91 Å². The number of nitrogens with zero attached hydrogens (tertiary/aromatic N) is 3. The fourth-order valence-corrected chi connectivity index (χ4v) is 5.75. The number of hydrogen-bond acceptors (Lipinski definition) is 8. The number of carbonyl (C=O) groups excluding carboxylic acids is 1. The van der Waals surface area contributed by atoms with E-state index in [4.69, 9.17) is 24.3 Å². The van der Waals surface area contributed by atoms with E-state index < -0.39 is 6.04 Å². The number of fused-ring (bicyclic) bond motifs is 1. The first kappa shape index (κ1) is 30.8. The zero-order chi connectivity index (χ0) is 29.4. The molecule has 0 spiro atoms. The molecule has 0 radical (unpaired) electrons.